The van der Waals surface area contributed by atoms with Crippen LogP contribution < -0.4 is 10.3 Å². The Bertz CT molecular complexity index is 1040. The molecule has 0 radical (unpaired) electrons. The van der Waals surface area contributed by atoms with E-state index in [4.69, 9.17) is 0 Å². The highest BCUT2D eigenvalue weighted by Crippen LogP contribution is 2.19. The van der Waals surface area contributed by atoms with Crippen LogP contribution in [0, 0.1) is 0 Å². The summed E-state index contributed by atoms with van der Waals surface area (Å²) in [6.07, 6.45) is 0.547. The monoisotopic (exact) mass is 342 g/mol. The van der Waals surface area contributed by atoms with Gasteiger partial charge in [0, 0.05) is 11.6 Å². The van der Waals surface area contributed by atoms with Gasteiger partial charge in [0.15, 0.2) is 0 Å². The second-order valence-electron chi connectivity index (χ2n) is 5.22. The number of pyridine rings is 1. The summed E-state index contributed by atoms with van der Waals surface area (Å²) >= 11 is 0. The zero-order valence-electron chi connectivity index (χ0n) is 12.5. The summed E-state index contributed by atoms with van der Waals surface area (Å²) in [5.74, 6) is 0. The van der Waals surface area contributed by atoms with Gasteiger partial charge in [-0.2, -0.15) is 4.72 Å². The second kappa shape index (κ2) is 6.38. The van der Waals surface area contributed by atoms with E-state index < -0.39 is 16.1 Å². The first kappa shape index (κ1) is 16.1. The predicted molar refractivity (Wildman–Crippen MR) is 90.1 cm³/mol. The molecular weight excluding hydrogens is 328 g/mol. The topological polar surface area (TPSA) is 96.1 Å². The van der Waals surface area contributed by atoms with Crippen molar-refractivity contribution in [2.45, 2.75) is 10.9 Å². The highest BCUT2D eigenvalue weighted by molar-refractivity contribution is 7.89. The number of H-pyrrole nitrogens is 1. The van der Waals surface area contributed by atoms with E-state index in [9.17, 15) is 18.0 Å². The molecule has 0 aliphatic rings. The third kappa shape index (κ3) is 3.27. The van der Waals surface area contributed by atoms with Gasteiger partial charge in [-0.3, -0.25) is 4.79 Å². The summed E-state index contributed by atoms with van der Waals surface area (Å²) in [4.78, 5) is 25.2. The molecule has 2 N–H and O–H groups in total. The van der Waals surface area contributed by atoms with Crippen LogP contribution >= 0.6 is 0 Å². The summed E-state index contributed by atoms with van der Waals surface area (Å²) in [5.41, 5.74) is 0.832. The average Bonchev–Trinajstić information content (AvgIpc) is 2.60. The molecule has 0 unspecified atom stereocenters. The number of aromatic amines is 1. The molecule has 0 fully saturated rings. The first-order valence-corrected chi connectivity index (χ1v) is 8.63. The fourth-order valence-electron chi connectivity index (χ4n) is 2.37. The van der Waals surface area contributed by atoms with E-state index in [0.29, 0.717) is 22.8 Å². The SMILES string of the molecule is O=C[C@H](NS(=O)(=O)c1ccc2[nH]c(=O)ccc2c1)c1ccccc1. The Morgan fingerprint density at radius 2 is 1.75 bits per heavy atom. The van der Waals surface area contributed by atoms with Gasteiger partial charge in [0.25, 0.3) is 0 Å². The zero-order valence-corrected chi connectivity index (χ0v) is 13.3. The molecule has 0 aliphatic heterocycles. The molecule has 1 aromatic heterocycles. The second-order valence-corrected chi connectivity index (χ2v) is 6.93. The molecule has 0 saturated carbocycles. The lowest BCUT2D eigenvalue weighted by atomic mass is 10.1. The van der Waals surface area contributed by atoms with Crippen molar-refractivity contribution in [3.63, 3.8) is 0 Å². The van der Waals surface area contributed by atoms with Crippen molar-refractivity contribution in [2.75, 3.05) is 0 Å². The van der Waals surface area contributed by atoms with Gasteiger partial charge in [-0.25, -0.2) is 8.42 Å². The molecule has 2 aromatic carbocycles. The Morgan fingerprint density at radius 1 is 1.00 bits per heavy atom. The molecule has 0 saturated heterocycles. The van der Waals surface area contributed by atoms with Gasteiger partial charge in [-0.1, -0.05) is 30.3 Å². The van der Waals surface area contributed by atoms with Crippen molar-refractivity contribution in [3.05, 3.63) is 76.6 Å². The highest BCUT2D eigenvalue weighted by atomic mass is 32.2. The minimum atomic E-state index is -3.89. The van der Waals surface area contributed by atoms with Crippen molar-refractivity contribution < 1.29 is 13.2 Å². The number of nitrogens with one attached hydrogen (secondary N) is 2. The molecule has 0 aliphatic carbocycles. The Hall–Kier alpha value is -2.77. The number of carbonyl (C=O) groups excluding carboxylic acids is 1. The minimum absolute atomic E-state index is 0.0184. The number of sulfonamides is 1. The molecule has 1 atom stereocenters. The van der Waals surface area contributed by atoms with Crippen LogP contribution in [0.15, 0.2) is 70.4 Å². The first-order chi connectivity index (χ1) is 11.5. The Morgan fingerprint density at radius 3 is 2.46 bits per heavy atom. The fraction of sp³-hybridized carbons (Fsp3) is 0.0588. The fourth-order valence-corrected chi connectivity index (χ4v) is 3.56. The van der Waals surface area contributed by atoms with Crippen molar-refractivity contribution in [1.82, 2.24) is 9.71 Å². The van der Waals surface area contributed by atoms with Crippen LogP contribution in [-0.2, 0) is 14.8 Å². The van der Waals surface area contributed by atoms with E-state index in [1.807, 2.05) is 0 Å². The van der Waals surface area contributed by atoms with Gasteiger partial charge in [0.1, 0.15) is 12.3 Å². The van der Waals surface area contributed by atoms with Gasteiger partial charge in [-0.05, 0) is 35.2 Å². The lowest BCUT2D eigenvalue weighted by Crippen LogP contribution is -2.29. The molecule has 0 amide bonds. The van der Waals surface area contributed by atoms with Crippen LogP contribution in [0.1, 0.15) is 11.6 Å². The molecular formula is C17H14N2O4S. The third-order valence-corrected chi connectivity index (χ3v) is 5.02. The molecule has 6 nitrogen and oxygen atoms in total. The number of hydrogen-bond donors (Lipinski definition) is 2. The van der Waals surface area contributed by atoms with E-state index in [1.54, 1.807) is 36.4 Å². The molecule has 3 aromatic rings. The van der Waals surface area contributed by atoms with Gasteiger partial charge in [0.2, 0.25) is 15.6 Å². The molecule has 0 spiro atoms. The van der Waals surface area contributed by atoms with Crippen LogP contribution in [-0.4, -0.2) is 19.7 Å². The molecule has 3 rings (SSSR count). The van der Waals surface area contributed by atoms with Crippen LogP contribution in [0.2, 0.25) is 0 Å². The molecule has 7 heteroatoms. The number of fused-ring (bicyclic) bond motifs is 1. The first-order valence-electron chi connectivity index (χ1n) is 7.15. The quantitative estimate of drug-likeness (QED) is 0.690. The van der Waals surface area contributed by atoms with Crippen molar-refractivity contribution in [2.24, 2.45) is 0 Å². The average molecular weight is 342 g/mol. The highest BCUT2D eigenvalue weighted by Gasteiger charge is 2.21. The van der Waals surface area contributed by atoms with E-state index in [2.05, 4.69) is 9.71 Å². The number of carbonyl (C=O) groups is 1. The van der Waals surface area contributed by atoms with Crippen molar-refractivity contribution in [1.29, 1.82) is 0 Å². The summed E-state index contributed by atoms with van der Waals surface area (Å²) in [5, 5.41) is 0.583. The lowest BCUT2D eigenvalue weighted by Gasteiger charge is -2.14. The van der Waals surface area contributed by atoms with Crippen LogP contribution in [0.5, 0.6) is 0 Å². The number of hydrogen-bond acceptors (Lipinski definition) is 4. The predicted octanol–water partition coefficient (Wildman–Crippen LogP) is 1.75. The van der Waals surface area contributed by atoms with Gasteiger partial charge >= 0.3 is 0 Å². The Kier molecular flexibility index (Phi) is 4.28. The zero-order chi connectivity index (χ0) is 17.2. The van der Waals surface area contributed by atoms with E-state index in [-0.39, 0.29) is 10.5 Å². The maximum absolute atomic E-state index is 12.5. The summed E-state index contributed by atoms with van der Waals surface area (Å²) < 4.78 is 27.5. The largest absolute Gasteiger partial charge is 0.322 e. The van der Waals surface area contributed by atoms with Crippen LogP contribution in [0.25, 0.3) is 10.9 Å². The maximum Gasteiger partial charge on any atom is 0.248 e. The standard InChI is InChI=1S/C17H14N2O4S/c20-11-16(12-4-2-1-3-5-12)19-24(22,23)14-7-8-15-13(10-14)6-9-17(21)18-15/h1-11,16,19H,(H,18,21)/t16-/m0/s1. The molecule has 122 valence electrons. The summed E-state index contributed by atoms with van der Waals surface area (Å²) in [6, 6.07) is 14.8. The lowest BCUT2D eigenvalue weighted by molar-refractivity contribution is -0.109. The summed E-state index contributed by atoms with van der Waals surface area (Å²) in [7, 11) is -3.89. The number of rotatable bonds is 5. The van der Waals surface area contributed by atoms with Gasteiger partial charge < -0.3 is 9.78 Å². The van der Waals surface area contributed by atoms with Gasteiger partial charge in [-0.15, -0.1) is 0 Å². The van der Waals surface area contributed by atoms with E-state index in [0.717, 1.165) is 0 Å². The minimum Gasteiger partial charge on any atom is -0.322 e. The van der Waals surface area contributed by atoms with E-state index >= 15 is 0 Å². The maximum atomic E-state index is 12.5. The third-order valence-electron chi connectivity index (χ3n) is 3.58. The molecule has 1 heterocycles. The number of benzene rings is 2. The van der Waals surface area contributed by atoms with Crippen LogP contribution in [0.3, 0.4) is 0 Å². The number of aldehydes is 1. The van der Waals surface area contributed by atoms with Crippen LogP contribution in [0.4, 0.5) is 0 Å². The van der Waals surface area contributed by atoms with Crippen molar-refractivity contribution in [3.8, 4) is 0 Å². The van der Waals surface area contributed by atoms with E-state index in [1.165, 1.54) is 24.3 Å². The molecule has 0 bridgehead atoms. The molecule has 24 heavy (non-hydrogen) atoms. The normalized spacial score (nSPS) is 12.8. The smallest absolute Gasteiger partial charge is 0.248 e. The summed E-state index contributed by atoms with van der Waals surface area (Å²) in [6.45, 7) is 0. The Labute approximate surface area is 138 Å². The Balaban J connectivity index is 1.96. The number of aromatic nitrogens is 1. The van der Waals surface area contributed by atoms with Gasteiger partial charge in [0.05, 0.1) is 4.90 Å². The van der Waals surface area contributed by atoms with Crippen molar-refractivity contribution >= 4 is 27.2 Å².